The van der Waals surface area contributed by atoms with Crippen molar-refractivity contribution < 1.29 is 43.5 Å². The van der Waals surface area contributed by atoms with Gasteiger partial charge in [-0.2, -0.15) is 28.8 Å². The number of aryl methyl sites for hydroxylation is 2. The molecule has 2 aliphatic rings. The Bertz CT molecular complexity index is 2410. The summed E-state index contributed by atoms with van der Waals surface area (Å²) in [5.74, 6) is 1.12. The van der Waals surface area contributed by atoms with Gasteiger partial charge in [0.25, 0.3) is 10.0 Å². The molecule has 0 atom stereocenters. The Hall–Kier alpha value is -4.21. The summed E-state index contributed by atoms with van der Waals surface area (Å²) < 4.78 is 31.2. The van der Waals surface area contributed by atoms with Crippen molar-refractivity contribution in [3.05, 3.63) is 90.8 Å². The zero-order chi connectivity index (χ0) is 35.0. The second-order valence-electron chi connectivity index (χ2n) is 13.9. The van der Waals surface area contributed by atoms with Crippen LogP contribution < -0.4 is 29.6 Å². The van der Waals surface area contributed by atoms with E-state index in [9.17, 15) is 8.42 Å². The Morgan fingerprint density at radius 1 is 0.717 bits per heavy atom. The average Bonchev–Trinajstić information content (AvgIpc) is 3.98. The largest absolute Gasteiger partial charge is 1.00 e. The van der Waals surface area contributed by atoms with Gasteiger partial charge in [0.15, 0.2) is 11.3 Å². The fourth-order valence-corrected chi connectivity index (χ4v) is 8.88. The molecule has 0 spiro atoms. The molecule has 13 nitrogen and oxygen atoms in total. The summed E-state index contributed by atoms with van der Waals surface area (Å²) in [6.45, 7) is 0. The van der Waals surface area contributed by atoms with Crippen LogP contribution in [0.15, 0.2) is 84.5 Å². The van der Waals surface area contributed by atoms with Crippen molar-refractivity contribution in [2.24, 2.45) is 14.1 Å². The molecular weight excluding hydrogens is 700 g/mol. The van der Waals surface area contributed by atoms with Crippen LogP contribution in [0.4, 0.5) is 0 Å². The van der Waals surface area contributed by atoms with Gasteiger partial charge in [0.1, 0.15) is 5.69 Å². The van der Waals surface area contributed by atoms with Gasteiger partial charge in [-0.3, -0.25) is 14.5 Å². The number of H-pyrrole nitrogens is 1. The topological polar surface area (TPSA) is 172 Å². The van der Waals surface area contributed by atoms with E-state index in [0.29, 0.717) is 23.2 Å². The Morgan fingerprint density at radius 2 is 1.28 bits per heavy atom. The van der Waals surface area contributed by atoms with Crippen LogP contribution in [0.1, 0.15) is 87.2 Å². The number of aromatic amines is 1. The Kier molecular flexibility index (Phi) is 11.9. The molecule has 270 valence electrons. The van der Waals surface area contributed by atoms with E-state index in [4.69, 9.17) is 0 Å². The summed E-state index contributed by atoms with van der Waals surface area (Å²) in [4.78, 5) is 9.32. The number of fused-ring (bicyclic) bond motifs is 2. The first kappa shape index (κ1) is 38.5. The van der Waals surface area contributed by atoms with Crippen molar-refractivity contribution in [3.63, 3.8) is 0 Å². The fraction of sp³-hybridized carbons (Fsp3) is 0.368. The van der Waals surface area contributed by atoms with Crippen molar-refractivity contribution in [3.8, 4) is 22.5 Å². The number of benzene rings is 1. The van der Waals surface area contributed by atoms with E-state index in [1.54, 1.807) is 45.9 Å². The summed E-state index contributed by atoms with van der Waals surface area (Å²) in [5, 5.41) is 22.3. The molecule has 2 fully saturated rings. The Balaban J connectivity index is 0.000000185. The standard InChI is InChI=1S/C22H23N5O2S.C16H19N5.Na.H2O/c1-26-15-18(14-24-26)21-20-12-17(16-8-4-2-5-9-16)13-23-22(20)27(25-21)30(28,29)19-10-6-3-7-11-19;1-21-10-13(9-18-21)15-14-7-12(8-17-16(14)20-19-15)11-5-3-2-4-6-11;;/h3,6-7,10-16H,2,4-5,8-9H2,1H3;7-11H,2-6H2,1H3,(H,17,19,20);;1H2/q;;+1;/p-1. The van der Waals surface area contributed by atoms with Gasteiger partial charge >= 0.3 is 29.6 Å². The number of rotatable bonds is 6. The second kappa shape index (κ2) is 16.4. The first-order valence-electron chi connectivity index (χ1n) is 17.9. The average molecular weight is 743 g/mol. The van der Waals surface area contributed by atoms with Gasteiger partial charge in [0.2, 0.25) is 0 Å². The summed E-state index contributed by atoms with van der Waals surface area (Å²) in [7, 11) is -0.115. The molecule has 0 aliphatic heterocycles. The van der Waals surface area contributed by atoms with Gasteiger partial charge in [-0.25, -0.2) is 9.97 Å². The minimum absolute atomic E-state index is 0. The van der Waals surface area contributed by atoms with E-state index in [-0.39, 0.29) is 39.9 Å². The zero-order valence-electron chi connectivity index (χ0n) is 30.4. The molecule has 6 aromatic heterocycles. The molecule has 2 N–H and O–H groups in total. The van der Waals surface area contributed by atoms with E-state index in [1.807, 2.05) is 45.1 Å². The molecule has 2 saturated carbocycles. The van der Waals surface area contributed by atoms with E-state index < -0.39 is 10.0 Å². The van der Waals surface area contributed by atoms with E-state index in [2.05, 4.69) is 47.6 Å². The van der Waals surface area contributed by atoms with Crippen LogP contribution in [0.5, 0.6) is 0 Å². The first-order chi connectivity index (χ1) is 24.8. The molecule has 53 heavy (non-hydrogen) atoms. The van der Waals surface area contributed by atoms with Crippen LogP contribution in [0, 0.1) is 0 Å². The summed E-state index contributed by atoms with van der Waals surface area (Å²) in [5.41, 5.74) is 7.07. The molecule has 15 heteroatoms. The van der Waals surface area contributed by atoms with E-state index >= 15 is 0 Å². The van der Waals surface area contributed by atoms with Gasteiger partial charge < -0.3 is 5.48 Å². The van der Waals surface area contributed by atoms with Crippen molar-refractivity contribution in [2.75, 3.05) is 0 Å². The quantitative estimate of drug-likeness (QED) is 0.243. The zero-order valence-corrected chi connectivity index (χ0v) is 33.2. The molecule has 6 heterocycles. The summed E-state index contributed by atoms with van der Waals surface area (Å²) in [6.07, 6.45) is 23.9. The van der Waals surface area contributed by atoms with Crippen LogP contribution in [0.3, 0.4) is 0 Å². The first-order valence-corrected chi connectivity index (χ1v) is 19.3. The summed E-state index contributed by atoms with van der Waals surface area (Å²) >= 11 is 0. The van der Waals surface area contributed by atoms with Crippen molar-refractivity contribution >= 4 is 32.1 Å². The van der Waals surface area contributed by atoms with Gasteiger partial charge in [0, 0.05) is 60.8 Å². The van der Waals surface area contributed by atoms with Crippen LogP contribution in [-0.4, -0.2) is 62.8 Å². The maximum absolute atomic E-state index is 13.3. The maximum atomic E-state index is 13.3. The third kappa shape index (κ3) is 7.88. The Morgan fingerprint density at radius 3 is 1.87 bits per heavy atom. The summed E-state index contributed by atoms with van der Waals surface area (Å²) in [6, 6.07) is 12.7. The number of aromatic nitrogens is 10. The number of nitrogens with one attached hydrogen (secondary N) is 1. The molecule has 2 aliphatic carbocycles. The van der Waals surface area contributed by atoms with Gasteiger partial charge in [-0.15, -0.1) is 4.09 Å². The van der Waals surface area contributed by atoms with E-state index in [0.717, 1.165) is 55.7 Å². The molecular formula is C38H43N10NaO3S. The van der Waals surface area contributed by atoms with E-state index in [1.165, 1.54) is 56.9 Å². The SMILES string of the molecule is Cn1cc(-c2[nH]nc3ncc(C4CCCCC4)cc23)cn1.Cn1cc(-c2nn(S(=O)(=O)c3ccccc3)c3ncc(C4CCCCC4)cc23)cn1.[Na+].[OH-]. The molecule has 0 unspecified atom stereocenters. The third-order valence-electron chi connectivity index (χ3n) is 10.3. The molecule has 0 saturated heterocycles. The second-order valence-corrected chi connectivity index (χ2v) is 15.6. The van der Waals surface area contributed by atoms with Gasteiger partial charge in [0.05, 0.1) is 23.0 Å². The molecule has 0 radical (unpaired) electrons. The van der Waals surface area contributed by atoms with Crippen LogP contribution in [0.25, 0.3) is 44.6 Å². The fourth-order valence-electron chi connectivity index (χ4n) is 7.61. The monoisotopic (exact) mass is 742 g/mol. The predicted octanol–water partition coefficient (Wildman–Crippen LogP) is 4.35. The van der Waals surface area contributed by atoms with Crippen molar-refractivity contribution in [1.82, 2.24) is 48.9 Å². The van der Waals surface area contributed by atoms with Crippen molar-refractivity contribution in [2.45, 2.75) is 80.9 Å². The third-order valence-corrected chi connectivity index (χ3v) is 11.9. The molecule has 7 aromatic rings. The molecule has 1 aromatic carbocycles. The van der Waals surface area contributed by atoms with Crippen LogP contribution in [-0.2, 0) is 24.1 Å². The van der Waals surface area contributed by atoms with Crippen molar-refractivity contribution in [1.29, 1.82) is 0 Å². The number of hydrogen-bond acceptors (Lipinski definition) is 9. The smallest absolute Gasteiger partial charge is 0.870 e. The maximum Gasteiger partial charge on any atom is 1.00 e. The number of pyridine rings is 2. The normalized spacial score (nSPS) is 15.4. The minimum Gasteiger partial charge on any atom is -0.870 e. The molecule has 0 bridgehead atoms. The molecule has 9 rings (SSSR count). The number of nitrogens with zero attached hydrogens (tertiary/aromatic N) is 9. The van der Waals surface area contributed by atoms with Crippen LogP contribution in [0.2, 0.25) is 0 Å². The Labute approximate surface area is 330 Å². The number of hydrogen-bond donors (Lipinski definition) is 1. The minimum atomic E-state index is -3.87. The predicted molar refractivity (Wildman–Crippen MR) is 198 cm³/mol. The molecule has 0 amide bonds. The van der Waals surface area contributed by atoms with Gasteiger partial charge in [-0.1, -0.05) is 56.7 Å². The van der Waals surface area contributed by atoms with Crippen LogP contribution >= 0.6 is 0 Å². The van der Waals surface area contributed by atoms with Gasteiger partial charge in [-0.05, 0) is 72.9 Å².